The van der Waals surface area contributed by atoms with Crippen molar-refractivity contribution in [2.45, 2.75) is 60.8 Å². The molecule has 6 nitrogen and oxygen atoms in total. The molecule has 0 aliphatic rings. The van der Waals surface area contributed by atoms with Crippen LogP contribution in [0.1, 0.15) is 61.1 Å². The zero-order valence-electron chi connectivity index (χ0n) is 34.6. The number of anilines is 1. The van der Waals surface area contributed by atoms with E-state index < -0.39 is 0 Å². The van der Waals surface area contributed by atoms with Gasteiger partial charge in [-0.15, -0.1) is 35.0 Å². The summed E-state index contributed by atoms with van der Waals surface area (Å²) in [6, 6.07) is 48.4. The number of amidine groups is 2. The van der Waals surface area contributed by atoms with Gasteiger partial charge in [0.1, 0.15) is 5.82 Å². The topological polar surface area (TPSA) is 69.4 Å². The molecule has 0 spiro atoms. The van der Waals surface area contributed by atoms with E-state index in [0.717, 1.165) is 83.1 Å². The molecule has 6 aromatic carbocycles. The van der Waals surface area contributed by atoms with Gasteiger partial charge in [-0.25, -0.2) is 4.98 Å². The summed E-state index contributed by atoms with van der Waals surface area (Å²) in [5, 5.41) is 18.6. The first-order valence-electron chi connectivity index (χ1n) is 19.8. The smallest absolute Gasteiger partial charge is 0.135 e. The number of aromatic nitrogens is 3. The Labute approximate surface area is 360 Å². The van der Waals surface area contributed by atoms with Crippen molar-refractivity contribution in [3.8, 4) is 22.6 Å². The van der Waals surface area contributed by atoms with Crippen molar-refractivity contribution in [1.82, 2.24) is 14.1 Å². The Morgan fingerprint density at radius 3 is 1.88 bits per heavy atom. The minimum absolute atomic E-state index is 0. The first-order chi connectivity index (χ1) is 27.8. The molecule has 9 aromatic rings. The number of fused-ring (bicyclic) bond motifs is 6. The molecule has 0 atom stereocenters. The third kappa shape index (κ3) is 7.21. The van der Waals surface area contributed by atoms with Gasteiger partial charge < -0.3 is 24.9 Å². The number of aliphatic imine (C=N–C) groups is 1. The minimum Gasteiger partial charge on any atom is -0.469 e. The predicted molar refractivity (Wildman–Crippen MR) is 244 cm³/mol. The van der Waals surface area contributed by atoms with E-state index in [1.807, 2.05) is 18.3 Å². The van der Waals surface area contributed by atoms with Gasteiger partial charge in [0, 0.05) is 44.1 Å². The SMILES string of the molecule is CC(=[N-])N=C(Nc1[c-]c(-n2c3[c-]c4c(cc3c3ccccc32)c2ccccc2n4-c2cc(C(C)(C)C)ccn2)ccc1)c1c(C)cc(-c2cc(C)cc(C)c2)cc1C.[Pt]. The molecule has 0 aliphatic carbocycles. The fourth-order valence-electron chi connectivity index (χ4n) is 8.56. The molecule has 0 saturated carbocycles. The average molecular weight is 949 g/mol. The number of para-hydroxylation sites is 2. The molecule has 3 aromatic heterocycles. The summed E-state index contributed by atoms with van der Waals surface area (Å²) >= 11 is 0. The molecule has 0 radical (unpaired) electrons. The van der Waals surface area contributed by atoms with Crippen molar-refractivity contribution in [2.75, 3.05) is 5.32 Å². The van der Waals surface area contributed by atoms with Crippen LogP contribution in [0.2, 0.25) is 0 Å². The fourth-order valence-corrected chi connectivity index (χ4v) is 8.56. The molecule has 0 bridgehead atoms. The molecule has 0 aliphatic heterocycles. The number of hydrogen-bond donors (Lipinski definition) is 1. The second-order valence-electron chi connectivity index (χ2n) is 16.6. The maximum absolute atomic E-state index is 10.5. The van der Waals surface area contributed by atoms with E-state index in [9.17, 15) is 5.41 Å². The molecule has 3 heterocycles. The Balaban J connectivity index is 0.00000484. The van der Waals surface area contributed by atoms with E-state index in [0.29, 0.717) is 5.84 Å². The molecule has 7 heteroatoms. The molecular weight excluding hydrogens is 904 g/mol. The maximum atomic E-state index is 10.5. The predicted octanol–water partition coefficient (Wildman–Crippen LogP) is 12.9. The summed E-state index contributed by atoms with van der Waals surface area (Å²) in [5.41, 5.74) is 14.6. The van der Waals surface area contributed by atoms with Gasteiger partial charge in [-0.2, -0.15) is 12.1 Å². The molecule has 9 rings (SSSR count). The molecule has 0 fully saturated rings. The number of pyridine rings is 1. The Morgan fingerprint density at radius 1 is 0.661 bits per heavy atom. The standard InChI is InChI=1S/C52H45N6.Pt/c1-31-22-32(2)24-36(23-31)37-25-33(3)50(34(4)26-37)51(55-35(5)53)56-39-14-13-15-40(28-39)57-45-18-11-9-16-41(45)43-29-44-42-17-10-12-19-46(42)58(48(44)30-47(43)57)49-27-38(20-21-54-49)52(6,7)8;/h9-27,29H,1-8H3,(H-,53,55,56);/q-3;. The monoisotopic (exact) mass is 948 g/mol. The molecule has 296 valence electrons. The van der Waals surface area contributed by atoms with Gasteiger partial charge in [0.05, 0.1) is 0 Å². The Bertz CT molecular complexity index is 3110. The van der Waals surface area contributed by atoms with Crippen LogP contribution in [0.25, 0.3) is 71.7 Å². The summed E-state index contributed by atoms with van der Waals surface area (Å²) in [7, 11) is 0. The third-order valence-electron chi connectivity index (χ3n) is 11.1. The quantitative estimate of drug-likeness (QED) is 0.106. The molecule has 1 N–H and O–H groups in total. The van der Waals surface area contributed by atoms with Gasteiger partial charge >= 0.3 is 0 Å². The van der Waals surface area contributed by atoms with Crippen LogP contribution in [-0.2, 0) is 26.5 Å². The largest absolute Gasteiger partial charge is 0.469 e. The van der Waals surface area contributed by atoms with Crippen molar-refractivity contribution >= 4 is 61.0 Å². The van der Waals surface area contributed by atoms with E-state index in [1.54, 1.807) is 6.92 Å². The van der Waals surface area contributed by atoms with Crippen LogP contribution in [0.5, 0.6) is 0 Å². The van der Waals surface area contributed by atoms with E-state index in [4.69, 9.17) is 4.98 Å². The van der Waals surface area contributed by atoms with Crippen molar-refractivity contribution in [3.05, 3.63) is 172 Å². The van der Waals surface area contributed by atoms with E-state index >= 15 is 0 Å². The summed E-state index contributed by atoms with van der Waals surface area (Å²) in [4.78, 5) is 9.55. The molecular formula is C52H45N6Pt-3. The van der Waals surface area contributed by atoms with Crippen LogP contribution in [0.3, 0.4) is 0 Å². The molecule has 0 saturated heterocycles. The average Bonchev–Trinajstić information content (AvgIpc) is 3.68. The zero-order chi connectivity index (χ0) is 40.5. The van der Waals surface area contributed by atoms with Gasteiger partial charge in [0.2, 0.25) is 0 Å². The van der Waals surface area contributed by atoms with Crippen molar-refractivity contribution in [1.29, 1.82) is 0 Å². The molecule has 59 heavy (non-hydrogen) atoms. The number of hydrogen-bond acceptors (Lipinski definition) is 1. The maximum Gasteiger partial charge on any atom is 0.135 e. The van der Waals surface area contributed by atoms with Crippen LogP contribution >= 0.6 is 0 Å². The summed E-state index contributed by atoms with van der Waals surface area (Å²) in [5.74, 6) is 1.39. The zero-order valence-corrected chi connectivity index (χ0v) is 36.9. The second-order valence-corrected chi connectivity index (χ2v) is 16.6. The number of rotatable bonds is 5. The van der Waals surface area contributed by atoms with E-state index in [-0.39, 0.29) is 32.3 Å². The van der Waals surface area contributed by atoms with Crippen LogP contribution in [0, 0.1) is 39.8 Å². The van der Waals surface area contributed by atoms with Gasteiger partial charge in [0.25, 0.3) is 0 Å². The number of benzene rings is 6. The van der Waals surface area contributed by atoms with Crippen LogP contribution in [0.4, 0.5) is 5.69 Å². The Hall–Kier alpha value is -6.10. The summed E-state index contributed by atoms with van der Waals surface area (Å²) in [6.45, 7) is 16.7. The fraction of sp³-hybridized carbons (Fsp3) is 0.173. The Kier molecular flexibility index (Phi) is 10.3. The van der Waals surface area contributed by atoms with Gasteiger partial charge in [-0.3, -0.25) is 0 Å². The number of nitrogens with one attached hydrogen (secondary N) is 1. The van der Waals surface area contributed by atoms with Gasteiger partial charge in [0.15, 0.2) is 0 Å². The van der Waals surface area contributed by atoms with Gasteiger partial charge in [-0.05, 0) is 108 Å². The van der Waals surface area contributed by atoms with Crippen LogP contribution in [0.15, 0.2) is 126 Å². The van der Waals surface area contributed by atoms with Crippen LogP contribution < -0.4 is 5.32 Å². The van der Waals surface area contributed by atoms with Gasteiger partial charge in [-0.1, -0.05) is 127 Å². The normalized spacial score (nSPS) is 12.1. The number of aryl methyl sites for hydroxylation is 4. The summed E-state index contributed by atoms with van der Waals surface area (Å²) in [6.07, 6.45) is 1.91. The minimum atomic E-state index is -0.0331. The molecule has 0 amide bonds. The second kappa shape index (κ2) is 15.2. The van der Waals surface area contributed by atoms with Crippen molar-refractivity contribution < 1.29 is 21.1 Å². The molecule has 0 unspecified atom stereocenters. The number of nitrogens with zero attached hydrogens (tertiary/aromatic N) is 5. The summed E-state index contributed by atoms with van der Waals surface area (Å²) < 4.78 is 4.49. The van der Waals surface area contributed by atoms with E-state index in [2.05, 4.69) is 183 Å². The Morgan fingerprint density at radius 2 is 1.25 bits per heavy atom. The van der Waals surface area contributed by atoms with Crippen LogP contribution in [-0.4, -0.2) is 25.8 Å². The first-order valence-corrected chi connectivity index (χ1v) is 19.8. The van der Waals surface area contributed by atoms with Crippen molar-refractivity contribution in [3.63, 3.8) is 0 Å². The van der Waals surface area contributed by atoms with E-state index in [1.165, 1.54) is 22.3 Å². The third-order valence-corrected chi connectivity index (χ3v) is 11.1. The van der Waals surface area contributed by atoms with Crippen molar-refractivity contribution in [2.24, 2.45) is 4.99 Å². The first kappa shape index (κ1) is 39.7.